The van der Waals surface area contributed by atoms with Gasteiger partial charge in [0, 0.05) is 25.3 Å². The summed E-state index contributed by atoms with van der Waals surface area (Å²) in [4.78, 5) is 13.6. The number of carbonyl (C=O) groups is 1. The molecule has 0 saturated heterocycles. The topological polar surface area (TPSA) is 60.8 Å². The first-order valence-electron chi connectivity index (χ1n) is 5.84. The van der Waals surface area contributed by atoms with E-state index < -0.39 is 0 Å². The number of hydrogen-bond donors (Lipinski definition) is 2. The van der Waals surface area contributed by atoms with Gasteiger partial charge in [0.1, 0.15) is 5.75 Å². The molecule has 1 aromatic carbocycles. The highest BCUT2D eigenvalue weighted by Gasteiger charge is 2.13. The van der Waals surface area contributed by atoms with Crippen molar-refractivity contribution in [1.82, 2.24) is 4.90 Å². The Morgan fingerprint density at radius 3 is 2.65 bits per heavy atom. The zero-order chi connectivity index (χ0) is 12.7. The average Bonchev–Trinajstić information content (AvgIpc) is 2.33. The van der Waals surface area contributed by atoms with Gasteiger partial charge in [-0.15, -0.1) is 0 Å². The quantitative estimate of drug-likeness (QED) is 0.780. The summed E-state index contributed by atoms with van der Waals surface area (Å²) in [6, 6.07) is 6.85. The lowest BCUT2D eigenvalue weighted by molar-refractivity contribution is -0.130. The number of amides is 1. The van der Waals surface area contributed by atoms with Gasteiger partial charge in [-0.3, -0.25) is 4.79 Å². The second kappa shape index (κ2) is 6.91. The summed E-state index contributed by atoms with van der Waals surface area (Å²) < 4.78 is 0. The van der Waals surface area contributed by atoms with Crippen molar-refractivity contribution in [2.45, 2.75) is 19.8 Å². The van der Waals surface area contributed by atoms with Gasteiger partial charge in [-0.05, 0) is 19.4 Å². The Morgan fingerprint density at radius 1 is 1.35 bits per heavy atom. The number of hydrogen-bond acceptors (Lipinski definition) is 3. The SMILES string of the molecule is CCN(CCCO)C(=O)Cc1ccccc1O. The second-order valence-electron chi connectivity index (χ2n) is 3.86. The molecule has 4 nitrogen and oxygen atoms in total. The first kappa shape index (κ1) is 13.5. The van der Waals surface area contributed by atoms with Crippen molar-refractivity contribution in [3.8, 4) is 5.75 Å². The number of aromatic hydroxyl groups is 1. The van der Waals surface area contributed by atoms with Gasteiger partial charge >= 0.3 is 0 Å². The Morgan fingerprint density at radius 2 is 2.06 bits per heavy atom. The van der Waals surface area contributed by atoms with E-state index in [2.05, 4.69) is 0 Å². The maximum atomic E-state index is 11.9. The third kappa shape index (κ3) is 4.07. The Bertz CT molecular complexity index is 365. The van der Waals surface area contributed by atoms with Crippen LogP contribution in [0.4, 0.5) is 0 Å². The summed E-state index contributed by atoms with van der Waals surface area (Å²) >= 11 is 0. The van der Waals surface area contributed by atoms with Gasteiger partial charge in [-0.25, -0.2) is 0 Å². The lowest BCUT2D eigenvalue weighted by Gasteiger charge is -2.20. The van der Waals surface area contributed by atoms with Crippen LogP contribution in [0.15, 0.2) is 24.3 Å². The summed E-state index contributed by atoms with van der Waals surface area (Å²) in [5.74, 6) is 0.126. The molecule has 0 unspecified atom stereocenters. The van der Waals surface area contributed by atoms with Crippen molar-refractivity contribution in [2.24, 2.45) is 0 Å². The van der Waals surface area contributed by atoms with Crippen molar-refractivity contribution in [1.29, 1.82) is 0 Å². The van der Waals surface area contributed by atoms with E-state index >= 15 is 0 Å². The van der Waals surface area contributed by atoms with Gasteiger partial charge in [0.2, 0.25) is 5.91 Å². The van der Waals surface area contributed by atoms with E-state index in [1.54, 1.807) is 29.2 Å². The van der Waals surface area contributed by atoms with Crippen molar-refractivity contribution in [3.63, 3.8) is 0 Å². The van der Waals surface area contributed by atoms with Crippen LogP contribution in [-0.4, -0.2) is 40.7 Å². The fraction of sp³-hybridized carbons (Fsp3) is 0.462. The van der Waals surface area contributed by atoms with E-state index in [9.17, 15) is 9.90 Å². The molecule has 0 heterocycles. The van der Waals surface area contributed by atoms with Crippen molar-refractivity contribution >= 4 is 5.91 Å². The van der Waals surface area contributed by atoms with E-state index in [1.165, 1.54) is 0 Å². The maximum absolute atomic E-state index is 11.9. The first-order valence-corrected chi connectivity index (χ1v) is 5.84. The van der Waals surface area contributed by atoms with Gasteiger partial charge in [-0.2, -0.15) is 0 Å². The molecule has 94 valence electrons. The zero-order valence-electron chi connectivity index (χ0n) is 10.1. The van der Waals surface area contributed by atoms with Crippen LogP contribution in [0.5, 0.6) is 5.75 Å². The van der Waals surface area contributed by atoms with Crippen LogP contribution in [0.2, 0.25) is 0 Å². The monoisotopic (exact) mass is 237 g/mol. The number of phenolic OH excluding ortho intramolecular Hbond substituents is 1. The highest BCUT2D eigenvalue weighted by atomic mass is 16.3. The predicted molar refractivity (Wildman–Crippen MR) is 65.8 cm³/mol. The number of benzene rings is 1. The molecule has 1 aromatic rings. The van der Waals surface area contributed by atoms with Crippen molar-refractivity contribution in [3.05, 3.63) is 29.8 Å². The standard InChI is InChI=1S/C13H19NO3/c1-2-14(8-5-9-15)13(17)10-11-6-3-4-7-12(11)16/h3-4,6-7,15-16H,2,5,8-10H2,1H3. The molecule has 2 N–H and O–H groups in total. The molecule has 17 heavy (non-hydrogen) atoms. The molecular formula is C13H19NO3. The number of para-hydroxylation sites is 1. The molecule has 0 aliphatic rings. The Balaban J connectivity index is 2.61. The minimum Gasteiger partial charge on any atom is -0.508 e. The van der Waals surface area contributed by atoms with Crippen LogP contribution in [0.1, 0.15) is 18.9 Å². The summed E-state index contributed by atoms with van der Waals surface area (Å²) in [5.41, 5.74) is 0.639. The van der Waals surface area contributed by atoms with Crippen LogP contribution in [0, 0.1) is 0 Å². The summed E-state index contributed by atoms with van der Waals surface area (Å²) in [5, 5.41) is 18.3. The first-order chi connectivity index (χ1) is 8.19. The Kier molecular flexibility index (Phi) is 5.49. The highest BCUT2D eigenvalue weighted by Crippen LogP contribution is 2.16. The highest BCUT2D eigenvalue weighted by molar-refractivity contribution is 5.79. The molecule has 0 fully saturated rings. The van der Waals surface area contributed by atoms with Crippen LogP contribution >= 0.6 is 0 Å². The van der Waals surface area contributed by atoms with Crippen LogP contribution in [0.3, 0.4) is 0 Å². The van der Waals surface area contributed by atoms with E-state index in [0.29, 0.717) is 25.1 Å². The molecule has 0 spiro atoms. The smallest absolute Gasteiger partial charge is 0.227 e. The van der Waals surface area contributed by atoms with Gasteiger partial charge in [-0.1, -0.05) is 18.2 Å². The fourth-order valence-electron chi connectivity index (χ4n) is 1.66. The average molecular weight is 237 g/mol. The van der Waals surface area contributed by atoms with Gasteiger partial charge in [0.15, 0.2) is 0 Å². The minimum atomic E-state index is -0.0255. The molecule has 1 rings (SSSR count). The number of likely N-dealkylation sites (N-methyl/N-ethyl adjacent to an activating group) is 1. The largest absolute Gasteiger partial charge is 0.508 e. The van der Waals surface area contributed by atoms with Gasteiger partial charge in [0.25, 0.3) is 0 Å². The molecular weight excluding hydrogens is 218 g/mol. The number of nitrogens with zero attached hydrogens (tertiary/aromatic N) is 1. The number of aliphatic hydroxyl groups excluding tert-OH is 1. The third-order valence-corrected chi connectivity index (χ3v) is 2.65. The van der Waals surface area contributed by atoms with Crippen LogP contribution in [0.25, 0.3) is 0 Å². The maximum Gasteiger partial charge on any atom is 0.227 e. The molecule has 0 atom stereocenters. The molecule has 0 radical (unpaired) electrons. The molecule has 0 aliphatic carbocycles. The molecule has 0 bridgehead atoms. The zero-order valence-corrected chi connectivity index (χ0v) is 10.1. The van der Waals surface area contributed by atoms with Gasteiger partial charge < -0.3 is 15.1 Å². The summed E-state index contributed by atoms with van der Waals surface area (Å²) in [6.45, 7) is 3.16. The van der Waals surface area contributed by atoms with E-state index in [4.69, 9.17) is 5.11 Å². The van der Waals surface area contributed by atoms with Crippen LogP contribution < -0.4 is 0 Å². The molecule has 1 amide bonds. The van der Waals surface area contributed by atoms with E-state index in [-0.39, 0.29) is 24.7 Å². The normalized spacial score (nSPS) is 10.2. The molecule has 0 saturated carbocycles. The Hall–Kier alpha value is -1.55. The van der Waals surface area contributed by atoms with Crippen LogP contribution in [-0.2, 0) is 11.2 Å². The lowest BCUT2D eigenvalue weighted by Crippen LogP contribution is -2.33. The number of rotatable bonds is 6. The summed E-state index contributed by atoms with van der Waals surface area (Å²) in [7, 11) is 0. The predicted octanol–water partition coefficient (Wildman–Crippen LogP) is 1.17. The summed E-state index contributed by atoms with van der Waals surface area (Å²) in [6.07, 6.45) is 0.784. The van der Waals surface area contributed by atoms with E-state index in [0.717, 1.165) is 0 Å². The number of phenols is 1. The van der Waals surface area contributed by atoms with Crippen molar-refractivity contribution < 1.29 is 15.0 Å². The molecule has 0 aromatic heterocycles. The minimum absolute atomic E-state index is 0.0255. The van der Waals surface area contributed by atoms with Crippen molar-refractivity contribution in [2.75, 3.05) is 19.7 Å². The second-order valence-corrected chi connectivity index (χ2v) is 3.86. The number of aliphatic hydroxyl groups is 1. The lowest BCUT2D eigenvalue weighted by atomic mass is 10.1. The van der Waals surface area contributed by atoms with E-state index in [1.807, 2.05) is 6.92 Å². The fourth-order valence-corrected chi connectivity index (χ4v) is 1.66. The third-order valence-electron chi connectivity index (χ3n) is 2.65. The number of carbonyl (C=O) groups excluding carboxylic acids is 1. The Labute approximate surface area is 101 Å². The molecule has 0 aliphatic heterocycles. The van der Waals surface area contributed by atoms with Gasteiger partial charge in [0.05, 0.1) is 6.42 Å². The molecule has 4 heteroatoms.